The maximum atomic E-state index is 12.3. The van der Waals surface area contributed by atoms with E-state index in [9.17, 15) is 9.59 Å². The molecule has 8 heteroatoms. The molecule has 1 N–H and O–H groups in total. The predicted molar refractivity (Wildman–Crippen MR) is 123 cm³/mol. The second-order valence-corrected chi connectivity index (χ2v) is 7.90. The Morgan fingerprint density at radius 1 is 1.27 bits per heavy atom. The van der Waals surface area contributed by atoms with E-state index in [1.165, 1.54) is 0 Å². The van der Waals surface area contributed by atoms with E-state index in [2.05, 4.69) is 32.8 Å². The predicted octanol–water partition coefficient (Wildman–Crippen LogP) is 4.81. The first-order valence-corrected chi connectivity index (χ1v) is 10.7. The van der Waals surface area contributed by atoms with Crippen LogP contribution in [0.15, 0.2) is 69.5 Å². The fourth-order valence-corrected chi connectivity index (χ4v) is 3.98. The van der Waals surface area contributed by atoms with Gasteiger partial charge in [-0.25, -0.2) is 0 Å². The highest BCUT2D eigenvalue weighted by Gasteiger charge is 2.25. The maximum Gasteiger partial charge on any atom is 0.279 e. The average Bonchev–Trinajstić information content (AvgIpc) is 3.07. The van der Waals surface area contributed by atoms with Gasteiger partial charge in [-0.05, 0) is 70.5 Å². The highest BCUT2D eigenvalue weighted by molar-refractivity contribution is 9.10. The van der Waals surface area contributed by atoms with E-state index in [-0.39, 0.29) is 11.1 Å². The van der Waals surface area contributed by atoms with E-state index in [1.54, 1.807) is 42.5 Å². The molecule has 0 radical (unpaired) electrons. The molecule has 0 saturated carbocycles. The minimum Gasteiger partial charge on any atom is -0.490 e. The van der Waals surface area contributed by atoms with Crippen LogP contribution in [0.25, 0.3) is 6.08 Å². The lowest BCUT2D eigenvalue weighted by molar-refractivity contribution is -0.115. The van der Waals surface area contributed by atoms with Crippen LogP contribution in [0.4, 0.5) is 0 Å². The standard InChI is InChI=1S/C22H19BrN2O4S/c1-3-10-29-19-16(23)11-14(12-17(19)28-4-2)13-18-21(27)25-22(30-18)24-20(26)15-8-6-5-7-9-15/h3,5-9,11-13H,1,4,10H2,2H3,(H,24,25,26,27)/b18-13-. The quantitative estimate of drug-likeness (QED) is 0.448. The number of nitrogens with one attached hydrogen (secondary N) is 1. The number of aliphatic imine (C=N–C) groups is 1. The summed E-state index contributed by atoms with van der Waals surface area (Å²) in [5.41, 5.74) is 1.20. The Morgan fingerprint density at radius 3 is 2.73 bits per heavy atom. The number of nitrogens with zero attached hydrogens (tertiary/aromatic N) is 1. The summed E-state index contributed by atoms with van der Waals surface area (Å²) in [7, 11) is 0. The minimum absolute atomic E-state index is 0.245. The Morgan fingerprint density at radius 2 is 2.03 bits per heavy atom. The van der Waals surface area contributed by atoms with Crippen molar-refractivity contribution in [2.45, 2.75) is 6.92 Å². The maximum absolute atomic E-state index is 12.3. The molecule has 0 aromatic heterocycles. The molecule has 0 atom stereocenters. The number of rotatable bonds is 7. The topological polar surface area (TPSA) is 77.0 Å². The first-order chi connectivity index (χ1) is 14.5. The van der Waals surface area contributed by atoms with Gasteiger partial charge in [-0.2, -0.15) is 4.99 Å². The zero-order chi connectivity index (χ0) is 21.5. The molecule has 2 amide bonds. The average molecular weight is 487 g/mol. The number of carbonyl (C=O) groups is 2. The lowest BCUT2D eigenvalue weighted by Crippen LogP contribution is -2.20. The Hall–Kier alpha value is -2.84. The molecule has 1 aliphatic rings. The van der Waals surface area contributed by atoms with Gasteiger partial charge >= 0.3 is 0 Å². The van der Waals surface area contributed by atoms with Gasteiger partial charge in [-0.3, -0.25) is 9.59 Å². The Labute approximate surface area is 187 Å². The summed E-state index contributed by atoms with van der Waals surface area (Å²) < 4.78 is 12.0. The summed E-state index contributed by atoms with van der Waals surface area (Å²) in [5, 5.41) is 2.87. The van der Waals surface area contributed by atoms with Crippen LogP contribution < -0.4 is 14.8 Å². The molecular weight excluding hydrogens is 468 g/mol. The summed E-state index contributed by atoms with van der Waals surface area (Å²) in [5.74, 6) is 0.390. The number of amidine groups is 1. The lowest BCUT2D eigenvalue weighted by atomic mass is 10.2. The van der Waals surface area contributed by atoms with Gasteiger partial charge in [-0.15, -0.1) is 0 Å². The summed E-state index contributed by atoms with van der Waals surface area (Å²) in [6.45, 7) is 6.33. The van der Waals surface area contributed by atoms with Crippen molar-refractivity contribution in [2.24, 2.45) is 4.99 Å². The van der Waals surface area contributed by atoms with Crippen LogP contribution >= 0.6 is 27.7 Å². The molecule has 2 aromatic carbocycles. The fraction of sp³-hybridized carbons (Fsp3) is 0.136. The Balaban J connectivity index is 1.84. The SMILES string of the molecule is C=CCOc1c(Br)cc(/C=C2\SC(=NC(=O)c3ccccc3)NC2=O)cc1OCC. The van der Waals surface area contributed by atoms with Crippen molar-refractivity contribution in [3.8, 4) is 11.5 Å². The molecule has 2 aromatic rings. The molecule has 6 nitrogen and oxygen atoms in total. The molecule has 1 saturated heterocycles. The van der Waals surface area contributed by atoms with Crippen molar-refractivity contribution < 1.29 is 19.1 Å². The van der Waals surface area contributed by atoms with Crippen LogP contribution in [0.1, 0.15) is 22.8 Å². The molecule has 30 heavy (non-hydrogen) atoms. The van der Waals surface area contributed by atoms with Gasteiger partial charge in [0.2, 0.25) is 0 Å². The molecule has 3 rings (SSSR count). The first kappa shape index (κ1) is 21.9. The fourth-order valence-electron chi connectivity index (χ4n) is 2.59. The van der Waals surface area contributed by atoms with Crippen molar-refractivity contribution in [3.05, 3.63) is 75.6 Å². The second kappa shape index (κ2) is 10.3. The number of carbonyl (C=O) groups excluding carboxylic acids is 2. The number of hydrogen-bond acceptors (Lipinski definition) is 5. The van der Waals surface area contributed by atoms with Gasteiger partial charge in [0.15, 0.2) is 16.7 Å². The van der Waals surface area contributed by atoms with Gasteiger partial charge in [0.25, 0.3) is 11.8 Å². The van der Waals surface area contributed by atoms with Crippen molar-refractivity contribution in [2.75, 3.05) is 13.2 Å². The summed E-state index contributed by atoms with van der Waals surface area (Å²) in [4.78, 5) is 29.0. The molecule has 0 unspecified atom stereocenters. The zero-order valence-electron chi connectivity index (χ0n) is 16.2. The Kier molecular flexibility index (Phi) is 7.48. The number of amides is 2. The highest BCUT2D eigenvalue weighted by atomic mass is 79.9. The number of thioether (sulfide) groups is 1. The van der Waals surface area contributed by atoms with Crippen molar-refractivity contribution in [1.29, 1.82) is 0 Å². The lowest BCUT2D eigenvalue weighted by Gasteiger charge is -2.13. The smallest absolute Gasteiger partial charge is 0.279 e. The number of benzene rings is 2. The van der Waals surface area contributed by atoms with E-state index in [4.69, 9.17) is 9.47 Å². The van der Waals surface area contributed by atoms with Crippen LogP contribution in [0.2, 0.25) is 0 Å². The van der Waals surface area contributed by atoms with Crippen LogP contribution in [0, 0.1) is 0 Å². The van der Waals surface area contributed by atoms with E-state index in [1.807, 2.05) is 19.1 Å². The molecule has 0 aliphatic carbocycles. The minimum atomic E-state index is -0.412. The monoisotopic (exact) mass is 486 g/mol. The van der Waals surface area contributed by atoms with E-state index in [0.717, 1.165) is 17.3 Å². The molecule has 1 aliphatic heterocycles. The summed E-state index contributed by atoms with van der Waals surface area (Å²) in [6, 6.07) is 12.3. The van der Waals surface area contributed by atoms with Gasteiger partial charge < -0.3 is 14.8 Å². The highest BCUT2D eigenvalue weighted by Crippen LogP contribution is 2.38. The zero-order valence-corrected chi connectivity index (χ0v) is 18.6. The van der Waals surface area contributed by atoms with Gasteiger partial charge in [0, 0.05) is 5.56 Å². The second-order valence-electron chi connectivity index (χ2n) is 6.02. The molecule has 0 spiro atoms. The van der Waals surface area contributed by atoms with Crippen LogP contribution in [0.5, 0.6) is 11.5 Å². The van der Waals surface area contributed by atoms with Gasteiger partial charge in [0.05, 0.1) is 16.0 Å². The van der Waals surface area contributed by atoms with E-state index >= 15 is 0 Å². The molecule has 0 bridgehead atoms. The molecule has 154 valence electrons. The van der Waals surface area contributed by atoms with Crippen LogP contribution in [0.3, 0.4) is 0 Å². The summed E-state index contributed by atoms with van der Waals surface area (Å²) in [6.07, 6.45) is 3.36. The number of halogens is 1. The summed E-state index contributed by atoms with van der Waals surface area (Å²) >= 11 is 4.60. The third-order valence-corrected chi connectivity index (χ3v) is 5.35. The third-order valence-electron chi connectivity index (χ3n) is 3.85. The van der Waals surface area contributed by atoms with Gasteiger partial charge in [0.1, 0.15) is 6.61 Å². The molecule has 1 heterocycles. The third kappa shape index (κ3) is 5.40. The normalized spacial score (nSPS) is 15.9. The Bertz CT molecular complexity index is 1030. The largest absolute Gasteiger partial charge is 0.490 e. The van der Waals surface area contributed by atoms with Crippen molar-refractivity contribution in [3.63, 3.8) is 0 Å². The van der Waals surface area contributed by atoms with E-state index < -0.39 is 5.91 Å². The van der Waals surface area contributed by atoms with Gasteiger partial charge in [-0.1, -0.05) is 30.9 Å². The molecule has 1 fully saturated rings. The van der Waals surface area contributed by atoms with Crippen molar-refractivity contribution >= 4 is 50.7 Å². The van der Waals surface area contributed by atoms with E-state index in [0.29, 0.717) is 39.7 Å². The number of hydrogen-bond donors (Lipinski definition) is 1. The van der Waals surface area contributed by atoms with Crippen molar-refractivity contribution in [1.82, 2.24) is 5.32 Å². The molecular formula is C22H19BrN2O4S. The first-order valence-electron chi connectivity index (χ1n) is 9.10. The number of ether oxygens (including phenoxy) is 2. The van der Waals surface area contributed by atoms with Crippen LogP contribution in [-0.4, -0.2) is 30.2 Å². The van der Waals surface area contributed by atoms with Crippen LogP contribution in [-0.2, 0) is 4.79 Å².